The van der Waals surface area contributed by atoms with E-state index in [9.17, 15) is 4.79 Å². The molecule has 1 aliphatic rings. The molecule has 0 aromatic heterocycles. The van der Waals surface area contributed by atoms with Crippen LogP contribution in [-0.2, 0) is 11.4 Å². The van der Waals surface area contributed by atoms with Gasteiger partial charge in [-0.25, -0.2) is 4.99 Å². The van der Waals surface area contributed by atoms with Crippen LogP contribution in [-0.4, -0.2) is 18.2 Å². The molecule has 0 bridgehead atoms. The second kappa shape index (κ2) is 13.3. The predicted octanol–water partition coefficient (Wildman–Crippen LogP) is 10.5. The van der Waals surface area contributed by atoms with Crippen molar-refractivity contribution in [3.8, 4) is 11.5 Å². The molecule has 0 saturated carbocycles. The van der Waals surface area contributed by atoms with Gasteiger partial charge in [0.15, 0.2) is 16.7 Å². The number of benzene rings is 4. The summed E-state index contributed by atoms with van der Waals surface area (Å²) in [4.78, 5) is 20.7. The van der Waals surface area contributed by atoms with E-state index in [1.807, 2.05) is 80.6 Å². The first-order valence-corrected chi connectivity index (χ1v) is 15.9. The molecule has 4 aromatic carbocycles. The lowest BCUT2D eigenvalue weighted by molar-refractivity contribution is -0.113. The van der Waals surface area contributed by atoms with Crippen molar-refractivity contribution in [1.82, 2.24) is 0 Å². The number of hydrogen-bond donors (Lipinski definition) is 0. The quantitative estimate of drug-likeness (QED) is 0.177. The smallest absolute Gasteiger partial charge is 0.271 e. The van der Waals surface area contributed by atoms with Crippen LogP contribution in [0.15, 0.2) is 91.6 Å². The fraction of sp³-hybridized carbons (Fsp3) is 0.125. The number of aryl methyl sites for hydroxylation is 2. The number of thioether (sulfide) groups is 1. The minimum Gasteiger partial charge on any atom is -0.493 e. The molecule has 1 heterocycles. The minimum absolute atomic E-state index is 0.220. The lowest BCUT2D eigenvalue weighted by Crippen LogP contribution is -2.28. The summed E-state index contributed by atoms with van der Waals surface area (Å²) in [5, 5.41) is 1.66. The first-order valence-electron chi connectivity index (χ1n) is 12.7. The zero-order valence-corrected chi connectivity index (χ0v) is 28.3. The molecule has 0 N–H and O–H groups in total. The second-order valence-corrected chi connectivity index (χ2v) is 13.1. The lowest BCUT2D eigenvalue weighted by Gasteiger charge is -2.17. The van der Waals surface area contributed by atoms with Crippen LogP contribution in [0.4, 0.5) is 11.4 Å². The van der Waals surface area contributed by atoms with E-state index in [-0.39, 0.29) is 5.91 Å². The number of halogens is 4. The highest BCUT2D eigenvalue weighted by atomic mass is 79.9. The maximum Gasteiger partial charge on any atom is 0.271 e. The van der Waals surface area contributed by atoms with Crippen molar-refractivity contribution in [2.75, 3.05) is 12.0 Å². The average Bonchev–Trinajstić information content (AvgIpc) is 3.26. The number of anilines is 1. The van der Waals surface area contributed by atoms with Crippen molar-refractivity contribution in [3.63, 3.8) is 0 Å². The predicted molar refractivity (Wildman–Crippen MR) is 182 cm³/mol. The van der Waals surface area contributed by atoms with E-state index in [4.69, 9.17) is 37.7 Å². The maximum atomic E-state index is 13.8. The first-order chi connectivity index (χ1) is 20.1. The van der Waals surface area contributed by atoms with Gasteiger partial charge in [-0.2, -0.15) is 0 Å². The van der Waals surface area contributed by atoms with Crippen LogP contribution in [0.3, 0.4) is 0 Å². The van der Waals surface area contributed by atoms with Gasteiger partial charge in [0.25, 0.3) is 5.91 Å². The van der Waals surface area contributed by atoms with Crippen molar-refractivity contribution < 1.29 is 14.3 Å². The third kappa shape index (κ3) is 6.90. The molecule has 5 nitrogen and oxygen atoms in total. The van der Waals surface area contributed by atoms with Gasteiger partial charge in [0.05, 0.1) is 27.9 Å². The fourth-order valence-corrected chi connectivity index (χ4v) is 6.30. The SMILES string of the molecule is COc1cc(/C=C2/SC(=Nc3ccc(C)c(Cl)c3)N(c3ccc(C)c(Cl)c3)C2=O)cc(Br)c1OCc1ccc(Br)cc1. The van der Waals surface area contributed by atoms with Gasteiger partial charge in [-0.3, -0.25) is 9.69 Å². The lowest BCUT2D eigenvalue weighted by atomic mass is 10.1. The van der Waals surface area contributed by atoms with Crippen LogP contribution in [0.2, 0.25) is 10.0 Å². The van der Waals surface area contributed by atoms with Crippen molar-refractivity contribution in [1.29, 1.82) is 0 Å². The molecular formula is C32H24Br2Cl2N2O3S. The Balaban J connectivity index is 1.49. The van der Waals surface area contributed by atoms with E-state index in [0.29, 0.717) is 54.1 Å². The molecule has 1 aliphatic heterocycles. The highest BCUT2D eigenvalue weighted by molar-refractivity contribution is 9.10. The van der Waals surface area contributed by atoms with E-state index in [1.54, 1.807) is 24.1 Å². The number of carbonyl (C=O) groups excluding carboxylic acids is 1. The molecule has 5 rings (SSSR count). The number of aliphatic imine (C=N–C) groups is 1. The maximum absolute atomic E-state index is 13.8. The molecule has 10 heteroatoms. The summed E-state index contributed by atoms with van der Waals surface area (Å²) >= 11 is 21.2. The van der Waals surface area contributed by atoms with Crippen molar-refractivity contribution >= 4 is 95.3 Å². The van der Waals surface area contributed by atoms with Crippen LogP contribution in [0.5, 0.6) is 11.5 Å². The summed E-state index contributed by atoms with van der Waals surface area (Å²) in [7, 11) is 1.58. The Morgan fingerprint density at radius 1 is 0.929 bits per heavy atom. The Labute approximate surface area is 275 Å². The molecule has 0 unspecified atom stereocenters. The number of carbonyl (C=O) groups is 1. The minimum atomic E-state index is -0.220. The summed E-state index contributed by atoms with van der Waals surface area (Å²) in [6.45, 7) is 4.21. The number of nitrogens with zero attached hydrogens (tertiary/aromatic N) is 2. The van der Waals surface area contributed by atoms with Crippen LogP contribution in [0.1, 0.15) is 22.3 Å². The van der Waals surface area contributed by atoms with Gasteiger partial charge in [-0.05, 0) is 118 Å². The summed E-state index contributed by atoms with van der Waals surface area (Å²) in [5.74, 6) is 0.888. The first kappa shape index (κ1) is 30.7. The summed E-state index contributed by atoms with van der Waals surface area (Å²) in [5.41, 5.74) is 4.90. The molecule has 1 fully saturated rings. The fourth-order valence-electron chi connectivity index (χ4n) is 4.11. The van der Waals surface area contributed by atoms with E-state index < -0.39 is 0 Å². The zero-order valence-electron chi connectivity index (χ0n) is 22.8. The van der Waals surface area contributed by atoms with Gasteiger partial charge in [0.2, 0.25) is 0 Å². The zero-order chi connectivity index (χ0) is 30.0. The molecule has 0 aliphatic carbocycles. The number of amidine groups is 1. The number of hydrogen-bond acceptors (Lipinski definition) is 5. The third-order valence-electron chi connectivity index (χ3n) is 6.45. The standard InChI is InChI=1S/C32H24Br2Cl2N2O3S/c1-18-4-10-23(15-26(18)35)37-32-38(24-11-5-19(2)27(36)16-24)31(39)29(42-32)14-21-12-25(34)30(28(13-21)40-3)41-17-20-6-8-22(33)9-7-20/h4-16H,17H2,1-3H3/b29-14+,37-32?. The van der Waals surface area contributed by atoms with Crippen molar-refractivity contribution in [2.45, 2.75) is 20.5 Å². The second-order valence-electron chi connectivity index (χ2n) is 9.46. The molecule has 42 heavy (non-hydrogen) atoms. The Hall–Kier alpha value is -2.75. The van der Waals surface area contributed by atoms with Gasteiger partial charge in [-0.15, -0.1) is 0 Å². The Kier molecular flexibility index (Phi) is 9.70. The Bertz CT molecular complexity index is 1740. The van der Waals surface area contributed by atoms with Gasteiger partial charge in [-0.1, -0.05) is 63.4 Å². The molecule has 1 amide bonds. The summed E-state index contributed by atoms with van der Waals surface area (Å²) in [6.07, 6.45) is 1.81. The Morgan fingerprint density at radius 3 is 2.29 bits per heavy atom. The Morgan fingerprint density at radius 2 is 1.62 bits per heavy atom. The monoisotopic (exact) mass is 744 g/mol. The van der Waals surface area contributed by atoms with Gasteiger partial charge in [0, 0.05) is 14.5 Å². The molecular weight excluding hydrogens is 723 g/mol. The normalized spacial score (nSPS) is 15.1. The van der Waals surface area contributed by atoms with Crippen LogP contribution >= 0.6 is 66.8 Å². The van der Waals surface area contributed by atoms with Crippen LogP contribution in [0.25, 0.3) is 6.08 Å². The van der Waals surface area contributed by atoms with E-state index >= 15 is 0 Å². The molecule has 214 valence electrons. The molecule has 0 atom stereocenters. The number of amides is 1. The topological polar surface area (TPSA) is 51.1 Å². The van der Waals surface area contributed by atoms with Gasteiger partial charge < -0.3 is 9.47 Å². The number of methoxy groups -OCH3 is 1. The van der Waals surface area contributed by atoms with Gasteiger partial charge >= 0.3 is 0 Å². The largest absolute Gasteiger partial charge is 0.493 e. The average molecular weight is 747 g/mol. The van der Waals surface area contributed by atoms with Crippen LogP contribution in [0, 0.1) is 13.8 Å². The van der Waals surface area contributed by atoms with Crippen LogP contribution < -0.4 is 14.4 Å². The van der Waals surface area contributed by atoms with E-state index in [0.717, 1.165) is 26.7 Å². The third-order valence-corrected chi connectivity index (χ3v) is 9.35. The summed E-state index contributed by atoms with van der Waals surface area (Å²) in [6, 6.07) is 22.7. The highest BCUT2D eigenvalue weighted by Gasteiger charge is 2.35. The van der Waals surface area contributed by atoms with E-state index in [2.05, 4.69) is 31.9 Å². The van der Waals surface area contributed by atoms with Gasteiger partial charge in [0.1, 0.15) is 6.61 Å². The number of ether oxygens (including phenoxy) is 2. The molecule has 0 spiro atoms. The summed E-state index contributed by atoms with van der Waals surface area (Å²) < 4.78 is 13.5. The number of rotatable bonds is 7. The van der Waals surface area contributed by atoms with Crippen molar-refractivity contribution in [2.24, 2.45) is 4.99 Å². The molecule has 1 saturated heterocycles. The molecule has 4 aromatic rings. The van der Waals surface area contributed by atoms with Crippen molar-refractivity contribution in [3.05, 3.63) is 119 Å². The highest BCUT2D eigenvalue weighted by Crippen LogP contribution is 2.41. The molecule has 0 radical (unpaired) electrons. The van der Waals surface area contributed by atoms with E-state index in [1.165, 1.54) is 11.8 Å².